The quantitative estimate of drug-likeness (QED) is 0.525. The highest BCUT2D eigenvalue weighted by atomic mass is 16.5. The number of rotatable bonds is 1. The Kier molecular flexibility index (Phi) is 3.37. The fraction of sp³-hybridized carbons (Fsp3) is 0.600. The predicted octanol–water partition coefficient (Wildman–Crippen LogP) is 2.69. The van der Waals surface area contributed by atoms with Gasteiger partial charge in [-0.3, -0.25) is 0 Å². The van der Waals surface area contributed by atoms with Crippen LogP contribution in [0.15, 0.2) is 23.8 Å². The van der Waals surface area contributed by atoms with Crippen LogP contribution >= 0.6 is 0 Å². The smallest absolute Gasteiger partial charge is 0.0963 e. The van der Waals surface area contributed by atoms with Crippen molar-refractivity contribution in [1.29, 1.82) is 0 Å². The lowest BCUT2D eigenvalue weighted by Gasteiger charge is -2.11. The maximum Gasteiger partial charge on any atom is 0.0963 e. The molecule has 0 N–H and O–H groups in total. The van der Waals surface area contributed by atoms with Crippen molar-refractivity contribution in [3.63, 3.8) is 0 Å². The van der Waals surface area contributed by atoms with Crippen LogP contribution in [0.5, 0.6) is 0 Å². The summed E-state index contributed by atoms with van der Waals surface area (Å²) in [4.78, 5) is 0. The van der Waals surface area contributed by atoms with Gasteiger partial charge in [0, 0.05) is 6.61 Å². The lowest BCUT2D eigenvalue weighted by molar-refractivity contribution is 0.111. The van der Waals surface area contributed by atoms with Gasteiger partial charge in [-0.15, -0.1) is 0 Å². The molecule has 11 heavy (non-hydrogen) atoms. The molecule has 1 atom stereocenters. The van der Waals surface area contributed by atoms with Gasteiger partial charge in [0.2, 0.25) is 0 Å². The van der Waals surface area contributed by atoms with Crippen LogP contribution in [0.2, 0.25) is 0 Å². The molecule has 1 heterocycles. The highest BCUT2D eigenvalue weighted by Crippen LogP contribution is 2.12. The Morgan fingerprint density at radius 1 is 1.64 bits per heavy atom. The minimum atomic E-state index is 0.238. The van der Waals surface area contributed by atoms with Gasteiger partial charge in [0.1, 0.15) is 0 Å². The van der Waals surface area contributed by atoms with Crippen molar-refractivity contribution in [2.75, 3.05) is 6.61 Å². The Bertz CT molecular complexity index is 168. The van der Waals surface area contributed by atoms with Crippen molar-refractivity contribution in [2.45, 2.75) is 32.8 Å². The van der Waals surface area contributed by atoms with E-state index >= 15 is 0 Å². The van der Waals surface area contributed by atoms with Crippen LogP contribution in [0.1, 0.15) is 26.7 Å². The third kappa shape index (κ3) is 2.51. The van der Waals surface area contributed by atoms with E-state index in [1.807, 2.05) is 0 Å². The molecule has 0 radical (unpaired) electrons. The number of hydrogen-bond acceptors (Lipinski definition) is 1. The second kappa shape index (κ2) is 4.35. The number of allylic oxidation sites excluding steroid dienone is 2. The van der Waals surface area contributed by atoms with Gasteiger partial charge in [0.25, 0.3) is 0 Å². The molecule has 0 saturated carbocycles. The van der Waals surface area contributed by atoms with E-state index in [-0.39, 0.29) is 6.10 Å². The van der Waals surface area contributed by atoms with Gasteiger partial charge in [0.15, 0.2) is 0 Å². The first-order valence-corrected chi connectivity index (χ1v) is 4.25. The normalized spacial score (nSPS) is 26.7. The molecule has 0 unspecified atom stereocenters. The van der Waals surface area contributed by atoms with Crippen molar-refractivity contribution in [1.82, 2.24) is 0 Å². The first-order chi connectivity index (χ1) is 5.34. The number of ether oxygens (including phenoxy) is 1. The van der Waals surface area contributed by atoms with Crippen LogP contribution < -0.4 is 0 Å². The van der Waals surface area contributed by atoms with Gasteiger partial charge in [-0.1, -0.05) is 18.2 Å². The summed E-state index contributed by atoms with van der Waals surface area (Å²) in [5, 5.41) is 0. The van der Waals surface area contributed by atoms with Crippen molar-refractivity contribution < 1.29 is 4.74 Å². The van der Waals surface area contributed by atoms with Crippen molar-refractivity contribution in [2.24, 2.45) is 0 Å². The van der Waals surface area contributed by atoms with Crippen LogP contribution in [-0.4, -0.2) is 12.7 Å². The molecule has 0 aliphatic carbocycles. The maximum absolute atomic E-state index is 5.60. The van der Waals surface area contributed by atoms with Gasteiger partial charge in [-0.25, -0.2) is 0 Å². The summed E-state index contributed by atoms with van der Waals surface area (Å²) in [6, 6.07) is 0. The van der Waals surface area contributed by atoms with Gasteiger partial charge in [-0.2, -0.15) is 0 Å². The maximum atomic E-state index is 5.60. The topological polar surface area (TPSA) is 9.23 Å². The van der Waals surface area contributed by atoms with Gasteiger partial charge < -0.3 is 4.74 Å². The molecular weight excluding hydrogens is 136 g/mol. The average molecular weight is 152 g/mol. The monoisotopic (exact) mass is 152 g/mol. The molecule has 0 spiro atoms. The summed E-state index contributed by atoms with van der Waals surface area (Å²) in [6.45, 7) is 5.06. The molecule has 0 aromatic carbocycles. The summed E-state index contributed by atoms with van der Waals surface area (Å²) in [6.07, 6.45) is 9.03. The molecular formula is C10H16O. The summed E-state index contributed by atoms with van der Waals surface area (Å²) in [5.41, 5.74) is 1.31. The molecule has 0 saturated heterocycles. The fourth-order valence-electron chi connectivity index (χ4n) is 1.13. The van der Waals surface area contributed by atoms with E-state index in [0.29, 0.717) is 0 Å². The van der Waals surface area contributed by atoms with Crippen LogP contribution in [0, 0.1) is 0 Å². The Balaban J connectivity index is 2.55. The molecule has 1 nitrogen and oxygen atoms in total. The molecule has 62 valence electrons. The summed E-state index contributed by atoms with van der Waals surface area (Å²) in [5.74, 6) is 0. The molecule has 0 amide bonds. The lowest BCUT2D eigenvalue weighted by atomic mass is 10.1. The lowest BCUT2D eigenvalue weighted by Crippen LogP contribution is -2.10. The zero-order chi connectivity index (χ0) is 8.10. The van der Waals surface area contributed by atoms with E-state index in [9.17, 15) is 0 Å². The number of hydrogen-bond donors (Lipinski definition) is 0. The van der Waals surface area contributed by atoms with E-state index in [1.54, 1.807) is 0 Å². The molecule has 0 bridgehead atoms. The Labute approximate surface area is 68.8 Å². The van der Waals surface area contributed by atoms with Crippen molar-refractivity contribution in [3.05, 3.63) is 23.8 Å². The van der Waals surface area contributed by atoms with E-state index in [1.165, 1.54) is 5.57 Å². The van der Waals surface area contributed by atoms with Crippen LogP contribution in [0.3, 0.4) is 0 Å². The standard InChI is InChI=1S/C10H16O/c1-3-9(2)10-7-5-4-6-8-11-10/h3,5,7,10H,4,6,8H2,1-2H3/b9-3+/t10-/m1/s1. The van der Waals surface area contributed by atoms with Crippen LogP contribution in [-0.2, 0) is 4.74 Å². The molecule has 1 rings (SSSR count). The van der Waals surface area contributed by atoms with E-state index < -0.39 is 0 Å². The Hall–Kier alpha value is -0.560. The Morgan fingerprint density at radius 2 is 2.45 bits per heavy atom. The predicted molar refractivity (Wildman–Crippen MR) is 47.5 cm³/mol. The zero-order valence-corrected chi connectivity index (χ0v) is 7.34. The zero-order valence-electron chi connectivity index (χ0n) is 7.34. The molecule has 1 heteroatoms. The van der Waals surface area contributed by atoms with E-state index in [2.05, 4.69) is 32.1 Å². The van der Waals surface area contributed by atoms with Gasteiger partial charge in [-0.05, 0) is 32.3 Å². The third-order valence-electron chi connectivity index (χ3n) is 2.03. The van der Waals surface area contributed by atoms with E-state index in [0.717, 1.165) is 19.4 Å². The summed E-state index contributed by atoms with van der Waals surface area (Å²) >= 11 is 0. The second-order valence-corrected chi connectivity index (χ2v) is 2.89. The first kappa shape index (κ1) is 8.54. The molecule has 1 aliphatic heterocycles. The Morgan fingerprint density at radius 3 is 3.18 bits per heavy atom. The largest absolute Gasteiger partial charge is 0.370 e. The second-order valence-electron chi connectivity index (χ2n) is 2.89. The molecule has 1 aliphatic rings. The van der Waals surface area contributed by atoms with Crippen LogP contribution in [0.4, 0.5) is 0 Å². The fourth-order valence-corrected chi connectivity index (χ4v) is 1.13. The highest BCUT2D eigenvalue weighted by molar-refractivity contribution is 5.13. The third-order valence-corrected chi connectivity index (χ3v) is 2.03. The average Bonchev–Trinajstić information content (AvgIpc) is 2.30. The van der Waals surface area contributed by atoms with Crippen molar-refractivity contribution >= 4 is 0 Å². The minimum Gasteiger partial charge on any atom is -0.370 e. The summed E-state index contributed by atoms with van der Waals surface area (Å²) in [7, 11) is 0. The highest BCUT2D eigenvalue weighted by Gasteiger charge is 2.07. The molecule has 0 aromatic heterocycles. The first-order valence-electron chi connectivity index (χ1n) is 4.25. The molecule has 0 aromatic rings. The van der Waals surface area contributed by atoms with E-state index in [4.69, 9.17) is 4.74 Å². The van der Waals surface area contributed by atoms with Gasteiger partial charge in [0.05, 0.1) is 6.10 Å². The van der Waals surface area contributed by atoms with Crippen molar-refractivity contribution in [3.8, 4) is 0 Å². The minimum absolute atomic E-state index is 0.238. The van der Waals surface area contributed by atoms with Gasteiger partial charge >= 0.3 is 0 Å². The molecule has 0 fully saturated rings. The van der Waals surface area contributed by atoms with Crippen LogP contribution in [0.25, 0.3) is 0 Å². The summed E-state index contributed by atoms with van der Waals surface area (Å²) < 4.78 is 5.60. The SMILES string of the molecule is C/C=C(\C)[C@H]1C=CCCCO1.